The van der Waals surface area contributed by atoms with Crippen LogP contribution in [0.5, 0.6) is 0 Å². The second-order valence-corrected chi connectivity index (χ2v) is 5.60. The highest BCUT2D eigenvalue weighted by atomic mass is 19.4. The van der Waals surface area contributed by atoms with Gasteiger partial charge in [0, 0.05) is 11.7 Å². The summed E-state index contributed by atoms with van der Waals surface area (Å²) < 4.78 is 39.0. The number of anilines is 1. The van der Waals surface area contributed by atoms with Gasteiger partial charge >= 0.3 is 6.18 Å². The molecule has 0 saturated heterocycles. The molecule has 1 nitrogen and oxygen atoms in total. The molecule has 0 amide bonds. The second-order valence-electron chi connectivity index (χ2n) is 5.60. The van der Waals surface area contributed by atoms with Crippen molar-refractivity contribution < 1.29 is 13.2 Å². The number of nitrogens with one attached hydrogen (secondary N) is 1. The van der Waals surface area contributed by atoms with Crippen molar-refractivity contribution in [3.05, 3.63) is 29.8 Å². The zero-order valence-corrected chi connectivity index (χ0v) is 11.8. The summed E-state index contributed by atoms with van der Waals surface area (Å²) in [6.45, 7) is 2.04. The van der Waals surface area contributed by atoms with E-state index in [0.717, 1.165) is 25.3 Å². The van der Waals surface area contributed by atoms with Crippen molar-refractivity contribution in [1.82, 2.24) is 0 Å². The Hall–Kier alpha value is -1.19. The number of para-hydroxylation sites is 1. The van der Waals surface area contributed by atoms with Crippen molar-refractivity contribution in [1.29, 1.82) is 0 Å². The molecule has 0 bridgehead atoms. The van der Waals surface area contributed by atoms with E-state index in [1.54, 1.807) is 6.07 Å². The van der Waals surface area contributed by atoms with Gasteiger partial charge < -0.3 is 5.32 Å². The molecule has 1 aromatic carbocycles. The highest BCUT2D eigenvalue weighted by molar-refractivity contribution is 5.53. The van der Waals surface area contributed by atoms with Crippen LogP contribution in [-0.2, 0) is 6.18 Å². The van der Waals surface area contributed by atoms with Gasteiger partial charge in [0.05, 0.1) is 5.56 Å². The molecule has 0 aliphatic heterocycles. The third kappa shape index (κ3) is 3.68. The van der Waals surface area contributed by atoms with Gasteiger partial charge in [-0.3, -0.25) is 0 Å². The summed E-state index contributed by atoms with van der Waals surface area (Å²) in [6, 6.07) is 5.92. The first kappa shape index (κ1) is 15.2. The highest BCUT2D eigenvalue weighted by Crippen LogP contribution is 2.36. The Morgan fingerprint density at radius 2 is 1.80 bits per heavy atom. The van der Waals surface area contributed by atoms with Crippen LogP contribution in [0.4, 0.5) is 18.9 Å². The van der Waals surface area contributed by atoms with Gasteiger partial charge in [0.15, 0.2) is 0 Å². The smallest absolute Gasteiger partial charge is 0.382 e. The van der Waals surface area contributed by atoms with Crippen LogP contribution in [0.25, 0.3) is 0 Å². The van der Waals surface area contributed by atoms with Crippen LogP contribution in [0, 0.1) is 5.92 Å². The molecule has 112 valence electrons. The Balaban J connectivity index is 2.15. The number of hydrogen-bond donors (Lipinski definition) is 1. The zero-order chi connectivity index (χ0) is 14.6. The monoisotopic (exact) mass is 285 g/mol. The number of benzene rings is 1. The van der Waals surface area contributed by atoms with Crippen LogP contribution in [0.15, 0.2) is 24.3 Å². The van der Waals surface area contributed by atoms with Crippen LogP contribution < -0.4 is 5.32 Å². The van der Waals surface area contributed by atoms with E-state index in [1.807, 2.05) is 6.92 Å². The molecule has 1 saturated carbocycles. The third-order valence-corrected chi connectivity index (χ3v) is 4.23. The maximum absolute atomic E-state index is 13.0. The number of alkyl halides is 3. The molecule has 0 radical (unpaired) electrons. The molecule has 1 aliphatic rings. The van der Waals surface area contributed by atoms with E-state index in [1.165, 1.54) is 31.4 Å². The van der Waals surface area contributed by atoms with E-state index >= 15 is 0 Å². The van der Waals surface area contributed by atoms with Crippen molar-refractivity contribution in [2.24, 2.45) is 5.92 Å². The van der Waals surface area contributed by atoms with Crippen LogP contribution in [0.3, 0.4) is 0 Å². The first-order valence-corrected chi connectivity index (χ1v) is 7.45. The fourth-order valence-corrected chi connectivity index (χ4v) is 3.15. The number of halogens is 3. The van der Waals surface area contributed by atoms with Gasteiger partial charge in [-0.2, -0.15) is 13.2 Å². The van der Waals surface area contributed by atoms with E-state index in [0.29, 0.717) is 5.92 Å². The van der Waals surface area contributed by atoms with Crippen molar-refractivity contribution in [2.75, 3.05) is 5.32 Å². The fourth-order valence-electron chi connectivity index (χ4n) is 3.15. The van der Waals surface area contributed by atoms with Gasteiger partial charge in [-0.05, 0) is 37.3 Å². The SMILES string of the molecule is CCC(Nc1ccccc1C(F)(F)F)C1CCCCC1. The molecule has 1 unspecified atom stereocenters. The van der Waals surface area contributed by atoms with E-state index in [-0.39, 0.29) is 11.7 Å². The quantitative estimate of drug-likeness (QED) is 0.772. The van der Waals surface area contributed by atoms with E-state index in [9.17, 15) is 13.2 Å². The van der Waals surface area contributed by atoms with Crippen LogP contribution in [-0.4, -0.2) is 6.04 Å². The molecule has 1 fully saturated rings. The minimum atomic E-state index is -4.30. The number of rotatable bonds is 4. The Kier molecular flexibility index (Phi) is 4.95. The summed E-state index contributed by atoms with van der Waals surface area (Å²) in [5, 5.41) is 3.15. The lowest BCUT2D eigenvalue weighted by molar-refractivity contribution is -0.137. The molecule has 0 heterocycles. The van der Waals surface area contributed by atoms with E-state index < -0.39 is 11.7 Å². The summed E-state index contributed by atoms with van der Waals surface area (Å²) >= 11 is 0. The minimum absolute atomic E-state index is 0.138. The first-order chi connectivity index (χ1) is 9.52. The predicted octanol–water partition coefficient (Wildman–Crippen LogP) is 5.48. The fraction of sp³-hybridized carbons (Fsp3) is 0.625. The molecular formula is C16H22F3N. The second kappa shape index (κ2) is 6.51. The van der Waals surface area contributed by atoms with Gasteiger partial charge in [0.2, 0.25) is 0 Å². The predicted molar refractivity (Wildman–Crippen MR) is 75.7 cm³/mol. The normalized spacial score (nSPS) is 18.8. The van der Waals surface area contributed by atoms with Crippen molar-refractivity contribution in [3.63, 3.8) is 0 Å². The summed E-state index contributed by atoms with van der Waals surface area (Å²) in [5.74, 6) is 0.495. The summed E-state index contributed by atoms with van der Waals surface area (Å²) in [7, 11) is 0. The van der Waals surface area contributed by atoms with Crippen molar-refractivity contribution in [3.8, 4) is 0 Å². The summed E-state index contributed by atoms with van der Waals surface area (Å²) in [4.78, 5) is 0. The third-order valence-electron chi connectivity index (χ3n) is 4.23. The molecule has 1 aromatic rings. The molecule has 1 aliphatic carbocycles. The molecule has 0 spiro atoms. The molecular weight excluding hydrogens is 263 g/mol. The first-order valence-electron chi connectivity index (χ1n) is 7.45. The van der Waals surface area contributed by atoms with Gasteiger partial charge in [-0.1, -0.05) is 38.3 Å². The van der Waals surface area contributed by atoms with Crippen molar-refractivity contribution in [2.45, 2.75) is 57.7 Å². The molecule has 20 heavy (non-hydrogen) atoms. The lowest BCUT2D eigenvalue weighted by Crippen LogP contribution is -2.31. The molecule has 1 atom stereocenters. The maximum atomic E-state index is 13.0. The summed E-state index contributed by atoms with van der Waals surface area (Å²) in [6.07, 6.45) is 2.46. The van der Waals surface area contributed by atoms with Gasteiger partial charge in [0.1, 0.15) is 0 Å². The van der Waals surface area contributed by atoms with E-state index in [2.05, 4.69) is 5.32 Å². The Bertz CT molecular complexity index is 422. The summed E-state index contributed by atoms with van der Waals surface area (Å²) in [5.41, 5.74) is -0.341. The lowest BCUT2D eigenvalue weighted by Gasteiger charge is -2.31. The van der Waals surface area contributed by atoms with Crippen molar-refractivity contribution >= 4 is 5.69 Å². The van der Waals surface area contributed by atoms with Crippen LogP contribution in [0.1, 0.15) is 51.0 Å². The average Bonchev–Trinajstić information content (AvgIpc) is 2.45. The maximum Gasteiger partial charge on any atom is 0.418 e. The van der Waals surface area contributed by atoms with E-state index in [4.69, 9.17) is 0 Å². The molecule has 1 N–H and O–H groups in total. The van der Waals surface area contributed by atoms with Gasteiger partial charge in [-0.15, -0.1) is 0 Å². The Labute approximate surface area is 118 Å². The minimum Gasteiger partial charge on any atom is -0.382 e. The molecule has 2 rings (SSSR count). The highest BCUT2D eigenvalue weighted by Gasteiger charge is 2.34. The average molecular weight is 285 g/mol. The standard InChI is InChI=1S/C16H22F3N/c1-2-14(12-8-4-3-5-9-12)20-15-11-7-6-10-13(15)16(17,18)19/h6-7,10-12,14,20H,2-5,8-9H2,1H3. The molecule has 4 heteroatoms. The zero-order valence-electron chi connectivity index (χ0n) is 11.8. The van der Waals surface area contributed by atoms with Gasteiger partial charge in [-0.25, -0.2) is 0 Å². The lowest BCUT2D eigenvalue weighted by atomic mass is 9.82. The van der Waals surface area contributed by atoms with Gasteiger partial charge in [0.25, 0.3) is 0 Å². The largest absolute Gasteiger partial charge is 0.418 e. The van der Waals surface area contributed by atoms with Crippen LogP contribution in [0.2, 0.25) is 0 Å². The topological polar surface area (TPSA) is 12.0 Å². The molecule has 0 aromatic heterocycles. The Morgan fingerprint density at radius 1 is 1.15 bits per heavy atom. The van der Waals surface area contributed by atoms with Crippen LogP contribution >= 0.6 is 0 Å². The Morgan fingerprint density at radius 3 is 2.40 bits per heavy atom. The number of hydrogen-bond acceptors (Lipinski definition) is 1.